The number of hydrogen-bond acceptors (Lipinski definition) is 7. The van der Waals surface area contributed by atoms with E-state index in [1.807, 2.05) is 43.3 Å². The first-order valence-electron chi connectivity index (χ1n) is 20.0. The minimum atomic E-state index is -2.12. The highest BCUT2D eigenvalue weighted by molar-refractivity contribution is 6.74. The van der Waals surface area contributed by atoms with Crippen LogP contribution in [0, 0.1) is 17.8 Å². The van der Waals surface area contributed by atoms with Crippen molar-refractivity contribution < 1.29 is 32.7 Å². The van der Waals surface area contributed by atoms with Crippen LogP contribution in [0.1, 0.15) is 93.9 Å². The van der Waals surface area contributed by atoms with Gasteiger partial charge in [0.1, 0.15) is 18.0 Å². The average Bonchev–Trinajstić information content (AvgIpc) is 3.05. The summed E-state index contributed by atoms with van der Waals surface area (Å²) in [6.45, 7) is 26.7. The molecular formula is C44H66O7Si2. The first-order chi connectivity index (χ1) is 24.7. The maximum absolute atomic E-state index is 14.1. The van der Waals surface area contributed by atoms with E-state index in [1.165, 1.54) is 5.57 Å². The van der Waals surface area contributed by atoms with Crippen LogP contribution in [0.2, 0.25) is 36.3 Å². The second kappa shape index (κ2) is 16.2. The zero-order chi connectivity index (χ0) is 38.9. The number of allylic oxidation sites excluding steroid dienone is 2. The lowest BCUT2D eigenvalue weighted by molar-refractivity contribution is -0.164. The molecule has 3 aliphatic rings. The van der Waals surface area contributed by atoms with Gasteiger partial charge in [0.05, 0.1) is 18.6 Å². The van der Waals surface area contributed by atoms with E-state index < -0.39 is 22.7 Å². The van der Waals surface area contributed by atoms with Gasteiger partial charge in [0.15, 0.2) is 22.7 Å². The Kier molecular flexibility index (Phi) is 12.6. The zero-order valence-corrected chi connectivity index (χ0v) is 36.5. The summed E-state index contributed by atoms with van der Waals surface area (Å²) in [5.74, 6) is 0.584. The fourth-order valence-electron chi connectivity index (χ4n) is 7.62. The second-order valence-electron chi connectivity index (χ2n) is 18.9. The highest BCUT2D eigenvalue weighted by atomic mass is 28.4. The lowest BCUT2D eigenvalue weighted by atomic mass is 9.66. The Morgan fingerprint density at radius 2 is 1.57 bits per heavy atom. The van der Waals surface area contributed by atoms with Crippen LogP contribution < -0.4 is 4.74 Å². The van der Waals surface area contributed by atoms with Crippen LogP contribution in [0.25, 0.3) is 10.8 Å². The number of rotatable bonds is 12. The summed E-state index contributed by atoms with van der Waals surface area (Å²) in [5, 5.41) is 2.29. The molecule has 292 valence electrons. The van der Waals surface area contributed by atoms with Crippen molar-refractivity contribution in [2.75, 3.05) is 0 Å². The van der Waals surface area contributed by atoms with Crippen LogP contribution in [0.15, 0.2) is 66.3 Å². The normalized spacial score (nSPS) is 27.4. The first kappa shape index (κ1) is 41.4. The van der Waals surface area contributed by atoms with E-state index in [9.17, 15) is 9.59 Å². The number of esters is 2. The third kappa shape index (κ3) is 9.94. The second-order valence-corrected chi connectivity index (χ2v) is 28.4. The molecular weight excluding hydrogens is 697 g/mol. The van der Waals surface area contributed by atoms with Crippen LogP contribution in [-0.4, -0.2) is 59.1 Å². The topological polar surface area (TPSA) is 80.3 Å². The van der Waals surface area contributed by atoms with Crippen LogP contribution >= 0.6 is 0 Å². The standard InChI is InChI=1S/C44H66O7Si2/c1-13-38(47-33-21-20-30-16-14-15-17-31(30)24-33)42(46)49-39-27-35(50-52(9,10)43(3,4)5)25-32-19-18-29(2)37(41(32)39)23-22-34-26-36(28-40(45)48-34)51-53(11,12)44(6,7)8/h14-21,24-25,29,34-39,41H,13,22-23,26-28H2,1-12H3/t29-,34+,35+,36+,37-,38?,39-,41-/m0/s1. The molecule has 53 heavy (non-hydrogen) atoms. The fraction of sp³-hybridized carbons (Fsp3) is 0.636. The van der Waals surface area contributed by atoms with E-state index >= 15 is 0 Å². The number of ether oxygens (including phenoxy) is 3. The number of hydrogen-bond donors (Lipinski definition) is 0. The van der Waals surface area contributed by atoms with Crippen molar-refractivity contribution in [1.29, 1.82) is 0 Å². The predicted octanol–water partition coefficient (Wildman–Crippen LogP) is 10.9. The number of fused-ring (bicyclic) bond motifs is 2. The van der Waals surface area contributed by atoms with Crippen molar-refractivity contribution in [2.24, 2.45) is 17.8 Å². The van der Waals surface area contributed by atoms with Crippen molar-refractivity contribution in [3.05, 3.63) is 66.3 Å². The van der Waals surface area contributed by atoms with E-state index in [2.05, 4.69) is 98.9 Å². The van der Waals surface area contributed by atoms with Crippen LogP contribution in [-0.2, 0) is 27.9 Å². The van der Waals surface area contributed by atoms with Crippen molar-refractivity contribution >= 4 is 39.3 Å². The molecule has 0 bridgehead atoms. The van der Waals surface area contributed by atoms with Gasteiger partial charge in [0.2, 0.25) is 0 Å². The highest BCUT2D eigenvalue weighted by Crippen LogP contribution is 2.47. The Bertz CT molecular complexity index is 1670. The minimum Gasteiger partial charge on any atom is -0.479 e. The molecule has 0 N–H and O–H groups in total. The van der Waals surface area contributed by atoms with E-state index in [-0.39, 0.29) is 64.2 Å². The van der Waals surface area contributed by atoms with Gasteiger partial charge in [-0.25, -0.2) is 4.79 Å². The van der Waals surface area contributed by atoms with Crippen LogP contribution in [0.4, 0.5) is 0 Å². The van der Waals surface area contributed by atoms with Gasteiger partial charge >= 0.3 is 11.9 Å². The molecule has 0 spiro atoms. The Hall–Kier alpha value is -2.73. The Morgan fingerprint density at radius 3 is 2.23 bits per heavy atom. The quantitative estimate of drug-likeness (QED) is 0.157. The van der Waals surface area contributed by atoms with Crippen LogP contribution in [0.3, 0.4) is 0 Å². The van der Waals surface area contributed by atoms with Crippen molar-refractivity contribution in [3.8, 4) is 5.75 Å². The largest absolute Gasteiger partial charge is 0.479 e. The SMILES string of the molecule is CCC(Oc1ccc2ccccc2c1)C(=O)O[C@H]1C[C@H](O[Si](C)(C)C(C)(C)C)C=C2C=C[C@H](C)[C@H](CC[C@@H]3C[C@@H](O[Si](C)(C)C(C)(C)C)CC(=O)O3)[C@H]21. The van der Waals surface area contributed by atoms with Crippen LogP contribution in [0.5, 0.6) is 5.75 Å². The van der Waals surface area contributed by atoms with E-state index in [0.29, 0.717) is 31.4 Å². The average molecular weight is 763 g/mol. The monoisotopic (exact) mass is 762 g/mol. The maximum Gasteiger partial charge on any atom is 0.347 e. The van der Waals surface area contributed by atoms with Crippen molar-refractivity contribution in [3.63, 3.8) is 0 Å². The molecule has 0 radical (unpaired) electrons. The molecule has 1 heterocycles. The highest BCUT2D eigenvalue weighted by Gasteiger charge is 2.47. The molecule has 1 unspecified atom stereocenters. The molecule has 2 aromatic rings. The molecule has 1 saturated heterocycles. The van der Waals surface area contributed by atoms with Gasteiger partial charge in [-0.2, -0.15) is 0 Å². The van der Waals surface area contributed by atoms with Gasteiger partial charge in [-0.1, -0.05) is 104 Å². The summed E-state index contributed by atoms with van der Waals surface area (Å²) in [7, 11) is -4.17. The summed E-state index contributed by atoms with van der Waals surface area (Å²) in [5.41, 5.74) is 1.17. The van der Waals surface area contributed by atoms with E-state index in [4.69, 9.17) is 23.1 Å². The van der Waals surface area contributed by atoms with Gasteiger partial charge in [0.25, 0.3) is 0 Å². The molecule has 0 aromatic heterocycles. The Balaban J connectivity index is 1.37. The molecule has 1 fully saturated rings. The van der Waals surface area contributed by atoms with Gasteiger partial charge in [0, 0.05) is 18.8 Å². The number of carbonyl (C=O) groups is 2. The molecule has 2 aliphatic carbocycles. The number of benzene rings is 2. The fourth-order valence-corrected chi connectivity index (χ4v) is 10.3. The minimum absolute atomic E-state index is 0.00467. The smallest absolute Gasteiger partial charge is 0.347 e. The van der Waals surface area contributed by atoms with Gasteiger partial charge in [-0.3, -0.25) is 4.79 Å². The summed E-state index contributed by atoms with van der Waals surface area (Å²) in [6, 6.07) is 14.1. The summed E-state index contributed by atoms with van der Waals surface area (Å²) in [6.07, 6.45) is 8.89. The van der Waals surface area contributed by atoms with Crippen molar-refractivity contribution in [1.82, 2.24) is 0 Å². The van der Waals surface area contributed by atoms with Gasteiger partial charge in [-0.05, 0) is 95.8 Å². The zero-order valence-electron chi connectivity index (χ0n) is 34.5. The molecule has 0 amide bonds. The summed E-state index contributed by atoms with van der Waals surface area (Å²) in [4.78, 5) is 27.0. The molecule has 0 saturated carbocycles. The molecule has 2 aromatic carbocycles. The Labute approximate surface area is 321 Å². The molecule has 9 heteroatoms. The molecule has 5 rings (SSSR count). The number of carbonyl (C=O) groups excluding carboxylic acids is 2. The lowest BCUT2D eigenvalue weighted by Crippen LogP contribution is -2.49. The summed E-state index contributed by atoms with van der Waals surface area (Å²) < 4.78 is 32.6. The van der Waals surface area contributed by atoms with Gasteiger partial charge < -0.3 is 23.1 Å². The predicted molar refractivity (Wildman–Crippen MR) is 219 cm³/mol. The van der Waals surface area contributed by atoms with Crippen molar-refractivity contribution in [2.45, 2.75) is 161 Å². The lowest BCUT2D eigenvalue weighted by Gasteiger charge is -2.46. The van der Waals surface area contributed by atoms with E-state index in [1.54, 1.807) is 0 Å². The molecule has 8 atom stereocenters. The third-order valence-electron chi connectivity index (χ3n) is 12.8. The first-order valence-corrected chi connectivity index (χ1v) is 25.8. The third-order valence-corrected chi connectivity index (χ3v) is 21.9. The maximum atomic E-state index is 14.1. The number of cyclic esters (lactones) is 1. The van der Waals surface area contributed by atoms with Gasteiger partial charge in [-0.15, -0.1) is 0 Å². The van der Waals surface area contributed by atoms with E-state index in [0.717, 1.165) is 23.6 Å². The molecule has 7 nitrogen and oxygen atoms in total. The Morgan fingerprint density at radius 1 is 0.906 bits per heavy atom. The summed E-state index contributed by atoms with van der Waals surface area (Å²) >= 11 is 0. The molecule has 1 aliphatic heterocycles.